The summed E-state index contributed by atoms with van der Waals surface area (Å²) < 4.78 is 22.3. The molecular weight excluding hydrogens is 462 g/mol. The van der Waals surface area contributed by atoms with E-state index in [0.717, 1.165) is 0 Å². The van der Waals surface area contributed by atoms with E-state index in [1.54, 1.807) is 0 Å². The molecule has 6 unspecified atom stereocenters. The first-order valence-electron chi connectivity index (χ1n) is 11.0. The van der Waals surface area contributed by atoms with Gasteiger partial charge in [0.25, 0.3) is 0 Å². The molecule has 9 N–H and O–H groups in total. The van der Waals surface area contributed by atoms with Gasteiger partial charge in [0, 0.05) is 12.8 Å². The summed E-state index contributed by atoms with van der Waals surface area (Å²) in [7, 11) is 0. The summed E-state index contributed by atoms with van der Waals surface area (Å²) in [4.78, 5) is 11.5. The van der Waals surface area contributed by atoms with Crippen molar-refractivity contribution in [2.24, 2.45) is 5.92 Å². The molecule has 0 aromatic carbocycles. The van der Waals surface area contributed by atoms with E-state index < -0.39 is 99.6 Å². The van der Waals surface area contributed by atoms with Crippen molar-refractivity contribution < 1.29 is 64.6 Å². The predicted molar refractivity (Wildman–Crippen MR) is 113 cm³/mol. The minimum absolute atomic E-state index is 0.362. The monoisotopic (exact) mass is 501 g/mol. The van der Waals surface area contributed by atoms with Crippen LogP contribution in [-0.4, -0.2) is 141 Å². The van der Waals surface area contributed by atoms with Crippen molar-refractivity contribution in [1.82, 2.24) is 5.32 Å². The van der Waals surface area contributed by atoms with Gasteiger partial charge in [0.15, 0.2) is 12.6 Å². The summed E-state index contributed by atoms with van der Waals surface area (Å²) >= 11 is 0. The zero-order valence-electron chi connectivity index (χ0n) is 19.5. The highest BCUT2D eigenvalue weighted by Gasteiger charge is 2.52. The van der Waals surface area contributed by atoms with Crippen LogP contribution < -0.4 is 5.32 Å². The Bertz CT molecular complexity index is 583. The van der Waals surface area contributed by atoms with E-state index >= 15 is 0 Å². The minimum atomic E-state index is -1.57. The van der Waals surface area contributed by atoms with Crippen molar-refractivity contribution in [2.45, 2.75) is 82.1 Å². The van der Waals surface area contributed by atoms with Crippen LogP contribution in [-0.2, 0) is 23.7 Å². The average Bonchev–Trinajstić information content (AvgIpc) is 3.43. The lowest BCUT2D eigenvalue weighted by Gasteiger charge is -2.35. The maximum absolute atomic E-state index is 11.5. The van der Waals surface area contributed by atoms with Gasteiger partial charge in [0.2, 0.25) is 5.91 Å². The fourth-order valence-electron chi connectivity index (χ4n) is 3.11. The number of carbonyl (C=O) groups excluding carboxylic acids is 1. The van der Waals surface area contributed by atoms with E-state index in [-0.39, 0.29) is 6.61 Å². The quantitative estimate of drug-likeness (QED) is 0.0806. The highest BCUT2D eigenvalue weighted by atomic mass is 16.7. The molecule has 0 spiro atoms. The van der Waals surface area contributed by atoms with Crippen LogP contribution in [0.25, 0.3) is 0 Å². The zero-order chi connectivity index (χ0) is 26.0. The number of aliphatic hydroxyl groups excluding tert-OH is 8. The van der Waals surface area contributed by atoms with Crippen molar-refractivity contribution in [2.75, 3.05) is 33.0 Å². The molecule has 14 nitrogen and oxygen atoms in total. The molecule has 34 heavy (non-hydrogen) atoms. The van der Waals surface area contributed by atoms with E-state index in [2.05, 4.69) is 5.32 Å². The van der Waals surface area contributed by atoms with E-state index in [1.807, 2.05) is 0 Å². The second-order valence-electron chi connectivity index (χ2n) is 8.21. The molecule has 1 rings (SSSR count). The van der Waals surface area contributed by atoms with Gasteiger partial charge >= 0.3 is 0 Å². The van der Waals surface area contributed by atoms with E-state index in [0.29, 0.717) is 0 Å². The van der Waals surface area contributed by atoms with Gasteiger partial charge in [-0.2, -0.15) is 0 Å². The molecule has 14 heteroatoms. The Kier molecular flexibility index (Phi) is 13.8. The normalized spacial score (nSPS) is 27.2. The third-order valence-corrected chi connectivity index (χ3v) is 5.36. The maximum Gasteiger partial charge on any atom is 0.217 e. The van der Waals surface area contributed by atoms with E-state index in [9.17, 15) is 45.6 Å². The summed E-state index contributed by atoms with van der Waals surface area (Å²) in [6, 6.07) is -1.10. The van der Waals surface area contributed by atoms with E-state index in [1.165, 1.54) is 20.8 Å². The number of rotatable bonds is 18. The van der Waals surface area contributed by atoms with Crippen LogP contribution in [0.5, 0.6) is 0 Å². The summed E-state index contributed by atoms with van der Waals surface area (Å²) in [6.45, 7) is 0.964. The lowest BCUT2D eigenvalue weighted by atomic mass is 10.2. The molecule has 1 saturated carbocycles. The molecule has 11 atom stereocenters. The van der Waals surface area contributed by atoms with Gasteiger partial charge in [-0.05, 0) is 13.8 Å². The summed E-state index contributed by atoms with van der Waals surface area (Å²) in [5, 5.41) is 79.5. The Balaban J connectivity index is 2.98. The highest BCUT2D eigenvalue weighted by Crippen LogP contribution is 2.35. The first kappa shape index (κ1) is 31.0. The Hall–Kier alpha value is -1.01. The topological polar surface area (TPSA) is 228 Å². The van der Waals surface area contributed by atoms with Gasteiger partial charge in [0.1, 0.15) is 24.4 Å². The molecule has 0 heterocycles. The van der Waals surface area contributed by atoms with Crippen molar-refractivity contribution in [1.29, 1.82) is 0 Å². The van der Waals surface area contributed by atoms with Gasteiger partial charge in [-0.3, -0.25) is 4.79 Å². The molecule has 1 aliphatic rings. The smallest absolute Gasteiger partial charge is 0.217 e. The Morgan fingerprint density at radius 1 is 0.882 bits per heavy atom. The standard InChI is InChI=1S/C20H39NO13/c1-9(27)15(7-25)32-20(14(29)6-24)31-10(2)16(8-26)33-19(13(5-23)21-11(3)28)34-18-12(4-22)17(18)30/h9-10,12-20,22-27,29-30H,4-8H2,1-3H3,(H,21,28)/t9-,10+,12-,13+,14+,15?,16?,17?,18?,19?,20?/m1/s1. The van der Waals surface area contributed by atoms with Gasteiger partial charge in [-0.15, -0.1) is 0 Å². The number of carbonyl (C=O) groups is 1. The SMILES string of the molecule is CC(=O)N[C@@H](CO)C(OC1C(O)[C@H]1CO)OC(CO)[C@H](C)OC(OC(CO)[C@@H](C)O)[C@@H](O)CO. The molecule has 202 valence electrons. The molecular formula is C20H39NO13. The van der Waals surface area contributed by atoms with Crippen LogP contribution in [0.2, 0.25) is 0 Å². The van der Waals surface area contributed by atoms with Crippen molar-refractivity contribution in [3.63, 3.8) is 0 Å². The number of nitrogens with one attached hydrogen (secondary N) is 1. The molecule has 0 bridgehead atoms. The number of aliphatic hydroxyl groups is 8. The Morgan fingerprint density at radius 3 is 1.88 bits per heavy atom. The number of ether oxygens (including phenoxy) is 4. The largest absolute Gasteiger partial charge is 0.396 e. The zero-order valence-corrected chi connectivity index (χ0v) is 19.5. The molecule has 0 aromatic rings. The summed E-state index contributed by atoms with van der Waals surface area (Å²) in [5.41, 5.74) is 0. The molecule has 1 amide bonds. The van der Waals surface area contributed by atoms with Gasteiger partial charge in [-0.25, -0.2) is 0 Å². The molecule has 1 aliphatic carbocycles. The number of hydrogen-bond donors (Lipinski definition) is 9. The van der Waals surface area contributed by atoms with Crippen LogP contribution in [0, 0.1) is 5.92 Å². The molecule has 0 aromatic heterocycles. The van der Waals surface area contributed by atoms with Crippen LogP contribution in [0.3, 0.4) is 0 Å². The second kappa shape index (κ2) is 15.2. The minimum Gasteiger partial charge on any atom is -0.396 e. The van der Waals surface area contributed by atoms with Crippen LogP contribution in [0.1, 0.15) is 20.8 Å². The van der Waals surface area contributed by atoms with Crippen molar-refractivity contribution >= 4 is 5.91 Å². The number of hydrogen-bond acceptors (Lipinski definition) is 13. The molecule has 0 saturated heterocycles. The first-order chi connectivity index (χ1) is 16.0. The highest BCUT2D eigenvalue weighted by molar-refractivity contribution is 5.73. The van der Waals surface area contributed by atoms with Gasteiger partial charge < -0.3 is 65.1 Å². The molecule has 0 aliphatic heterocycles. The first-order valence-corrected chi connectivity index (χ1v) is 11.0. The van der Waals surface area contributed by atoms with Crippen molar-refractivity contribution in [3.05, 3.63) is 0 Å². The lowest BCUT2D eigenvalue weighted by Crippen LogP contribution is -2.52. The fourth-order valence-corrected chi connectivity index (χ4v) is 3.11. The summed E-state index contributed by atoms with van der Waals surface area (Å²) in [6.07, 6.45) is -10.8. The lowest BCUT2D eigenvalue weighted by molar-refractivity contribution is -0.284. The van der Waals surface area contributed by atoms with Crippen molar-refractivity contribution in [3.8, 4) is 0 Å². The third-order valence-electron chi connectivity index (χ3n) is 5.36. The van der Waals surface area contributed by atoms with Gasteiger partial charge in [0.05, 0.1) is 57.5 Å². The fraction of sp³-hybridized carbons (Fsp3) is 0.950. The van der Waals surface area contributed by atoms with Crippen LogP contribution in [0.15, 0.2) is 0 Å². The molecule has 1 fully saturated rings. The summed E-state index contributed by atoms with van der Waals surface area (Å²) in [5.74, 6) is -1.10. The third kappa shape index (κ3) is 9.22. The van der Waals surface area contributed by atoms with Gasteiger partial charge in [-0.1, -0.05) is 0 Å². The second-order valence-corrected chi connectivity index (χ2v) is 8.21. The average molecular weight is 502 g/mol. The number of amides is 1. The van der Waals surface area contributed by atoms with Crippen LogP contribution in [0.4, 0.5) is 0 Å². The van der Waals surface area contributed by atoms with Crippen LogP contribution >= 0.6 is 0 Å². The maximum atomic E-state index is 11.5. The molecule has 0 radical (unpaired) electrons. The predicted octanol–water partition coefficient (Wildman–Crippen LogP) is -4.60. The van der Waals surface area contributed by atoms with E-state index in [4.69, 9.17) is 18.9 Å². The Morgan fingerprint density at radius 2 is 1.47 bits per heavy atom. The Labute approximate surface area is 197 Å².